The van der Waals surface area contributed by atoms with Gasteiger partial charge in [0.05, 0.1) is 13.2 Å². The lowest BCUT2D eigenvalue weighted by molar-refractivity contribution is -0.161. The molecule has 3 amide bonds. The third-order valence-corrected chi connectivity index (χ3v) is 13.9. The fourth-order valence-electron chi connectivity index (χ4n) is 8.69. The second-order valence-corrected chi connectivity index (χ2v) is 20.4. The summed E-state index contributed by atoms with van der Waals surface area (Å²) in [6, 6.07) is 0. The monoisotopic (exact) mass is 965 g/mol. The van der Waals surface area contributed by atoms with Gasteiger partial charge in [-0.05, 0) is 95.8 Å². The number of carbonyl (C=O) groups is 5. The van der Waals surface area contributed by atoms with E-state index in [1.807, 2.05) is 0 Å². The van der Waals surface area contributed by atoms with E-state index in [9.17, 15) is 33.4 Å². The van der Waals surface area contributed by atoms with Crippen LogP contribution < -0.4 is 5.32 Å². The van der Waals surface area contributed by atoms with E-state index < -0.39 is 32.5 Å². The van der Waals surface area contributed by atoms with Crippen molar-refractivity contribution in [3.63, 3.8) is 0 Å². The van der Waals surface area contributed by atoms with Crippen LogP contribution in [0.5, 0.6) is 0 Å². The average Bonchev–Trinajstić information content (AvgIpc) is 3.63. The molecule has 13 nitrogen and oxygen atoms in total. The van der Waals surface area contributed by atoms with Crippen LogP contribution in [0.1, 0.15) is 232 Å². The van der Waals surface area contributed by atoms with Crippen molar-refractivity contribution in [2.45, 2.75) is 238 Å². The van der Waals surface area contributed by atoms with E-state index in [-0.39, 0.29) is 75.0 Å². The highest BCUT2D eigenvalue weighted by molar-refractivity contribution is 7.47. The number of nitrogens with zero attached hydrogens (tertiary/aromatic N) is 1. The van der Waals surface area contributed by atoms with Gasteiger partial charge in [0.1, 0.15) is 6.61 Å². The van der Waals surface area contributed by atoms with Crippen LogP contribution in [-0.4, -0.2) is 78.5 Å². The second kappa shape index (κ2) is 39.9. The van der Waals surface area contributed by atoms with E-state index in [1.54, 1.807) is 0 Å². The summed E-state index contributed by atoms with van der Waals surface area (Å²) in [6.07, 6.45) is 41.5. The van der Waals surface area contributed by atoms with E-state index in [0.717, 1.165) is 89.9 Å². The van der Waals surface area contributed by atoms with E-state index >= 15 is 0 Å². The maximum Gasteiger partial charge on any atom is 0.472 e. The number of ether oxygens (including phenoxy) is 2. The summed E-state index contributed by atoms with van der Waals surface area (Å²) in [6.45, 7) is 3.74. The third-order valence-electron chi connectivity index (χ3n) is 12.9. The molecule has 0 bridgehead atoms. The van der Waals surface area contributed by atoms with Crippen LogP contribution in [0.2, 0.25) is 0 Å². The van der Waals surface area contributed by atoms with E-state index in [2.05, 4.69) is 43.5 Å². The highest BCUT2D eigenvalue weighted by Gasteiger charge is 2.34. The zero-order valence-corrected chi connectivity index (χ0v) is 42.9. The molecule has 1 unspecified atom stereocenters. The molecule has 2 aliphatic rings. The zero-order valence-electron chi connectivity index (χ0n) is 42.0. The fourth-order valence-corrected chi connectivity index (χ4v) is 9.44. The molecule has 386 valence electrons. The first-order valence-electron chi connectivity index (χ1n) is 26.9. The molecule has 67 heavy (non-hydrogen) atoms. The molecule has 14 heteroatoms. The van der Waals surface area contributed by atoms with Crippen molar-refractivity contribution in [2.24, 2.45) is 11.8 Å². The number of allylic oxidation sites excluding steroid dienone is 4. The van der Waals surface area contributed by atoms with Crippen LogP contribution in [0, 0.1) is 11.8 Å². The van der Waals surface area contributed by atoms with Gasteiger partial charge in [0.25, 0.3) is 0 Å². The molecule has 0 spiro atoms. The number of likely N-dealkylation sites (tertiary alicyclic amines) is 1. The molecule has 2 N–H and O–H groups in total. The highest BCUT2D eigenvalue weighted by Crippen LogP contribution is 2.43. The van der Waals surface area contributed by atoms with Gasteiger partial charge in [-0.25, -0.2) is 4.57 Å². The summed E-state index contributed by atoms with van der Waals surface area (Å²) in [5.74, 6) is -1.43. The van der Waals surface area contributed by atoms with Gasteiger partial charge >= 0.3 is 19.8 Å². The lowest BCUT2D eigenvalue weighted by Gasteiger charge is -2.30. The number of esters is 2. The first-order chi connectivity index (χ1) is 32.5. The quantitative estimate of drug-likeness (QED) is 0.0196. The number of phosphoric acid groups is 1. The predicted molar refractivity (Wildman–Crippen MR) is 266 cm³/mol. The number of amides is 3. The van der Waals surface area contributed by atoms with Gasteiger partial charge < -0.3 is 19.7 Å². The molecular weight excluding hydrogens is 872 g/mol. The lowest BCUT2D eigenvalue weighted by Crippen LogP contribution is -2.38. The summed E-state index contributed by atoms with van der Waals surface area (Å²) < 4.78 is 34.1. The Kier molecular flexibility index (Phi) is 35.9. The minimum Gasteiger partial charge on any atom is -0.462 e. The molecule has 1 aliphatic heterocycles. The van der Waals surface area contributed by atoms with Crippen molar-refractivity contribution in [3.8, 4) is 0 Å². The van der Waals surface area contributed by atoms with Crippen LogP contribution in [0.25, 0.3) is 0 Å². The van der Waals surface area contributed by atoms with Crippen LogP contribution in [0.15, 0.2) is 24.3 Å². The summed E-state index contributed by atoms with van der Waals surface area (Å²) >= 11 is 0. The summed E-state index contributed by atoms with van der Waals surface area (Å²) in [5, 5.41) is 2.75. The molecule has 2 atom stereocenters. The average molecular weight is 965 g/mol. The number of hydrogen-bond donors (Lipinski definition) is 2. The molecule has 1 aliphatic carbocycles. The maximum atomic E-state index is 12.8. The van der Waals surface area contributed by atoms with Crippen LogP contribution >= 0.6 is 7.82 Å². The smallest absolute Gasteiger partial charge is 0.462 e. The molecule has 1 saturated heterocycles. The predicted octanol–water partition coefficient (Wildman–Crippen LogP) is 12.7. The number of phosphoric ester groups is 1. The fraction of sp³-hybridized carbons (Fsp3) is 0.830. The van der Waals surface area contributed by atoms with Gasteiger partial charge in [0.2, 0.25) is 17.7 Å². The Morgan fingerprint density at radius 1 is 0.627 bits per heavy atom. The number of nitrogens with one attached hydrogen (secondary N) is 1. The first kappa shape index (κ1) is 60.3. The molecule has 1 saturated carbocycles. The molecule has 0 aromatic rings. The van der Waals surface area contributed by atoms with Crippen LogP contribution in [-0.2, 0) is 47.1 Å². The van der Waals surface area contributed by atoms with E-state index in [0.29, 0.717) is 32.2 Å². The zero-order chi connectivity index (χ0) is 48.6. The Morgan fingerprint density at radius 2 is 1.07 bits per heavy atom. The van der Waals surface area contributed by atoms with Crippen molar-refractivity contribution < 1.29 is 52.0 Å². The lowest BCUT2D eigenvalue weighted by atomic mass is 9.81. The SMILES string of the molecule is CCCCCCCC/C=C\CCCCCCCC(=O)OC[C@H](COP(=O)(O)OCCNC(=O)C1CCC(CN2C(=O)CCC2=O)CC1)OC(=O)CCCCCCC/C=C\CCCCCCCC. The van der Waals surface area contributed by atoms with Crippen molar-refractivity contribution >= 4 is 37.5 Å². The van der Waals surface area contributed by atoms with E-state index in [4.69, 9.17) is 18.5 Å². The van der Waals surface area contributed by atoms with Crippen molar-refractivity contribution in [2.75, 3.05) is 32.9 Å². The second-order valence-electron chi connectivity index (χ2n) is 19.0. The Hall–Kier alpha value is -2.86. The third kappa shape index (κ3) is 32.6. The van der Waals surface area contributed by atoms with Gasteiger partial charge in [0.15, 0.2) is 6.10 Å². The number of imide groups is 1. The summed E-state index contributed by atoms with van der Waals surface area (Å²) in [5.41, 5.74) is 0. The van der Waals surface area contributed by atoms with Crippen molar-refractivity contribution in [1.82, 2.24) is 10.2 Å². The topological polar surface area (TPSA) is 175 Å². The van der Waals surface area contributed by atoms with Gasteiger partial charge in [0, 0.05) is 44.7 Å². The highest BCUT2D eigenvalue weighted by atomic mass is 31.2. The number of rotatable bonds is 43. The van der Waals surface area contributed by atoms with Gasteiger partial charge in [-0.3, -0.25) is 37.9 Å². The minimum absolute atomic E-state index is 0.0220. The molecular formula is C53H93N2O11P. The normalized spacial score (nSPS) is 17.9. The molecule has 0 radical (unpaired) electrons. The maximum absolute atomic E-state index is 12.8. The Morgan fingerprint density at radius 3 is 1.57 bits per heavy atom. The summed E-state index contributed by atoms with van der Waals surface area (Å²) in [4.78, 5) is 74.0. The molecule has 2 rings (SSSR count). The van der Waals surface area contributed by atoms with Gasteiger partial charge in [-0.15, -0.1) is 0 Å². The van der Waals surface area contributed by atoms with Gasteiger partial charge in [-0.1, -0.05) is 141 Å². The number of carbonyl (C=O) groups excluding carboxylic acids is 5. The number of hydrogen-bond acceptors (Lipinski definition) is 10. The van der Waals surface area contributed by atoms with Gasteiger partial charge in [-0.2, -0.15) is 0 Å². The minimum atomic E-state index is -4.61. The van der Waals surface area contributed by atoms with Crippen molar-refractivity contribution in [3.05, 3.63) is 24.3 Å². The standard InChI is InChI=1S/C53H93N2O11P/c1-3-5-7-9-11-13-15-17-19-21-23-25-27-29-31-33-51(58)63-44-48(66-52(59)34-32-30-28-26-24-22-20-18-16-14-12-10-8-6-4-2)45-65-67(61,62)64-42-41-54-53(60)47-37-35-46(36-38-47)43-55-49(56)39-40-50(55)57/h17-20,46-48H,3-16,21-45H2,1-2H3,(H,54,60)(H,61,62)/b19-17-,20-18-/t46?,47?,48-/m1/s1. The molecule has 0 aromatic carbocycles. The Balaban J connectivity index is 1.69. The Labute approximate surface area is 405 Å². The van der Waals surface area contributed by atoms with Crippen LogP contribution in [0.3, 0.4) is 0 Å². The summed E-state index contributed by atoms with van der Waals surface area (Å²) in [7, 11) is -4.61. The number of unbranched alkanes of at least 4 members (excludes halogenated alkanes) is 22. The van der Waals surface area contributed by atoms with Crippen molar-refractivity contribution in [1.29, 1.82) is 0 Å². The largest absolute Gasteiger partial charge is 0.472 e. The first-order valence-corrected chi connectivity index (χ1v) is 28.4. The molecule has 0 aromatic heterocycles. The Bertz CT molecular complexity index is 1430. The molecule has 2 fully saturated rings. The van der Waals surface area contributed by atoms with Crippen LogP contribution in [0.4, 0.5) is 0 Å². The molecule has 1 heterocycles. The van der Waals surface area contributed by atoms with E-state index in [1.165, 1.54) is 81.9 Å².